The molecule has 0 aliphatic carbocycles. The lowest BCUT2D eigenvalue weighted by molar-refractivity contribution is 0.0697. The first-order valence-electron chi connectivity index (χ1n) is 9.89. The molecule has 0 spiro atoms. The second kappa shape index (κ2) is 7.83. The number of fused-ring (bicyclic) bond motifs is 1. The monoisotopic (exact) mass is 439 g/mol. The van der Waals surface area contributed by atoms with E-state index in [1.54, 1.807) is 36.4 Å². The Morgan fingerprint density at radius 3 is 2.00 bits per heavy atom. The van der Waals surface area contributed by atoms with Crippen LogP contribution in [0.3, 0.4) is 0 Å². The molecule has 32 heavy (non-hydrogen) atoms. The third-order valence-electron chi connectivity index (χ3n) is 5.44. The number of carboxylic acids is 1. The predicted molar refractivity (Wildman–Crippen MR) is 127 cm³/mol. The Kier molecular flexibility index (Phi) is 4.84. The molecule has 3 aromatic carbocycles. The number of benzene rings is 3. The lowest BCUT2D eigenvalue weighted by Gasteiger charge is -2.08. The zero-order chi connectivity index (χ0) is 22.2. The van der Waals surface area contributed by atoms with Crippen molar-refractivity contribution in [3.8, 4) is 39.1 Å². The molecule has 0 fully saturated rings. The molecule has 0 aliphatic rings. The molecule has 0 saturated heterocycles. The molecule has 2 heterocycles. The van der Waals surface area contributed by atoms with Crippen molar-refractivity contribution in [3.05, 3.63) is 100 Å². The highest BCUT2D eigenvalue weighted by atomic mass is 32.1. The van der Waals surface area contributed by atoms with E-state index in [2.05, 4.69) is 4.98 Å². The number of thiophene rings is 1. The molecule has 5 rings (SSSR count). The van der Waals surface area contributed by atoms with E-state index < -0.39 is 5.97 Å². The summed E-state index contributed by atoms with van der Waals surface area (Å²) in [4.78, 5) is 27.2. The summed E-state index contributed by atoms with van der Waals surface area (Å²) in [6.45, 7) is 0. The van der Waals surface area contributed by atoms with Crippen molar-refractivity contribution in [3.63, 3.8) is 0 Å². The maximum absolute atomic E-state index is 12.6. The average Bonchev–Trinajstić information content (AvgIpc) is 3.24. The Morgan fingerprint density at radius 1 is 0.781 bits per heavy atom. The van der Waals surface area contributed by atoms with E-state index in [4.69, 9.17) is 5.11 Å². The zero-order valence-electron chi connectivity index (χ0n) is 16.7. The lowest BCUT2D eigenvalue weighted by Crippen LogP contribution is -2.08. The van der Waals surface area contributed by atoms with Crippen LogP contribution >= 0.6 is 11.3 Å². The summed E-state index contributed by atoms with van der Waals surface area (Å²) in [5.74, 6) is -0.983. The van der Waals surface area contributed by atoms with Gasteiger partial charge in [0.15, 0.2) is 0 Å². The van der Waals surface area contributed by atoms with Gasteiger partial charge in [0.25, 0.3) is 5.56 Å². The highest BCUT2D eigenvalue weighted by Crippen LogP contribution is 2.41. The van der Waals surface area contributed by atoms with Gasteiger partial charge in [-0.3, -0.25) is 4.79 Å². The van der Waals surface area contributed by atoms with Gasteiger partial charge in [0, 0.05) is 10.9 Å². The SMILES string of the molecule is O=C(O)c1ccc(-c2ccc(-c3csc4[nH]c(=O)c(-c5ccccc5)c(O)c34)cc2)cc1. The van der Waals surface area contributed by atoms with Gasteiger partial charge in [0.1, 0.15) is 10.6 Å². The van der Waals surface area contributed by atoms with Gasteiger partial charge < -0.3 is 15.2 Å². The minimum Gasteiger partial charge on any atom is -0.506 e. The molecule has 0 bridgehead atoms. The first-order valence-corrected chi connectivity index (χ1v) is 10.8. The van der Waals surface area contributed by atoms with Crippen molar-refractivity contribution in [2.24, 2.45) is 0 Å². The van der Waals surface area contributed by atoms with Crippen LogP contribution in [0, 0.1) is 0 Å². The van der Waals surface area contributed by atoms with Crippen LogP contribution in [0.2, 0.25) is 0 Å². The topological polar surface area (TPSA) is 90.4 Å². The van der Waals surface area contributed by atoms with Crippen molar-refractivity contribution in [2.75, 3.05) is 0 Å². The van der Waals surface area contributed by atoms with E-state index in [0.29, 0.717) is 15.8 Å². The number of rotatable bonds is 4. The summed E-state index contributed by atoms with van der Waals surface area (Å²) in [5.41, 5.74) is 4.44. The summed E-state index contributed by atoms with van der Waals surface area (Å²) in [6.07, 6.45) is 0. The molecule has 0 amide bonds. The van der Waals surface area contributed by atoms with E-state index in [0.717, 1.165) is 22.3 Å². The van der Waals surface area contributed by atoms with Crippen LogP contribution in [0.5, 0.6) is 5.75 Å². The fourth-order valence-electron chi connectivity index (χ4n) is 3.82. The number of pyridine rings is 1. The third kappa shape index (κ3) is 3.36. The number of aromatic hydroxyl groups is 1. The van der Waals surface area contributed by atoms with Crippen molar-refractivity contribution >= 4 is 27.5 Å². The molecule has 0 unspecified atom stereocenters. The van der Waals surface area contributed by atoms with Crippen LogP contribution in [-0.4, -0.2) is 21.2 Å². The lowest BCUT2D eigenvalue weighted by atomic mass is 9.98. The van der Waals surface area contributed by atoms with Gasteiger partial charge in [0.2, 0.25) is 0 Å². The second-order valence-corrected chi connectivity index (χ2v) is 8.24. The number of aromatic amines is 1. The van der Waals surface area contributed by atoms with Crippen LogP contribution in [0.4, 0.5) is 0 Å². The number of aromatic nitrogens is 1. The van der Waals surface area contributed by atoms with Gasteiger partial charge in [-0.25, -0.2) is 4.79 Å². The van der Waals surface area contributed by atoms with Gasteiger partial charge >= 0.3 is 5.97 Å². The summed E-state index contributed by atoms with van der Waals surface area (Å²) < 4.78 is 0. The number of H-pyrrole nitrogens is 1. The quantitative estimate of drug-likeness (QED) is 0.321. The van der Waals surface area contributed by atoms with Crippen LogP contribution < -0.4 is 5.56 Å². The standard InChI is InChI=1S/C26H17NO4S/c28-23-21(18-4-2-1-3-5-18)24(29)27-25-22(23)20(14-32-25)17-10-6-15(7-11-17)16-8-12-19(13-9-16)26(30)31/h1-14H,(H,30,31)(H2,27,28,29). The molecule has 0 saturated carbocycles. The molecular weight excluding hydrogens is 422 g/mol. The van der Waals surface area contributed by atoms with E-state index in [-0.39, 0.29) is 22.4 Å². The molecule has 0 aliphatic heterocycles. The van der Waals surface area contributed by atoms with Gasteiger partial charge in [-0.15, -0.1) is 11.3 Å². The molecule has 6 heteroatoms. The first-order chi connectivity index (χ1) is 15.5. The molecule has 3 N–H and O–H groups in total. The Bertz CT molecular complexity index is 1500. The second-order valence-electron chi connectivity index (χ2n) is 7.36. The van der Waals surface area contributed by atoms with E-state index >= 15 is 0 Å². The van der Waals surface area contributed by atoms with E-state index in [1.165, 1.54) is 11.3 Å². The van der Waals surface area contributed by atoms with Gasteiger partial charge in [-0.05, 0) is 34.4 Å². The highest BCUT2D eigenvalue weighted by molar-refractivity contribution is 7.17. The Balaban J connectivity index is 1.58. The maximum Gasteiger partial charge on any atom is 0.335 e. The molecule has 5 aromatic rings. The number of carbonyl (C=O) groups is 1. The molecule has 0 radical (unpaired) electrons. The van der Waals surface area contributed by atoms with Gasteiger partial charge in [0.05, 0.1) is 16.5 Å². The number of aromatic carboxylic acids is 1. The number of carboxylic acid groups (broad SMARTS) is 1. The van der Waals surface area contributed by atoms with Crippen molar-refractivity contribution in [2.45, 2.75) is 0 Å². The van der Waals surface area contributed by atoms with E-state index in [9.17, 15) is 14.7 Å². The Hall–Kier alpha value is -4.16. The number of hydrogen-bond acceptors (Lipinski definition) is 4. The fourth-order valence-corrected chi connectivity index (χ4v) is 4.78. The smallest absolute Gasteiger partial charge is 0.335 e. The minimum absolute atomic E-state index is 0.0282. The van der Waals surface area contributed by atoms with Crippen LogP contribution in [0.15, 0.2) is 89.0 Å². The Morgan fingerprint density at radius 2 is 1.38 bits per heavy atom. The number of nitrogens with one attached hydrogen (secondary N) is 1. The van der Waals surface area contributed by atoms with Crippen LogP contribution in [-0.2, 0) is 0 Å². The zero-order valence-corrected chi connectivity index (χ0v) is 17.5. The molecule has 156 valence electrons. The van der Waals surface area contributed by atoms with Crippen molar-refractivity contribution in [1.29, 1.82) is 0 Å². The molecule has 0 atom stereocenters. The first kappa shape index (κ1) is 19.8. The van der Waals surface area contributed by atoms with Gasteiger partial charge in [-0.1, -0.05) is 66.7 Å². The third-order valence-corrected chi connectivity index (χ3v) is 6.34. The maximum atomic E-state index is 12.6. The summed E-state index contributed by atoms with van der Waals surface area (Å²) >= 11 is 1.37. The molecule has 5 nitrogen and oxygen atoms in total. The van der Waals surface area contributed by atoms with Crippen LogP contribution in [0.1, 0.15) is 10.4 Å². The highest BCUT2D eigenvalue weighted by Gasteiger charge is 2.18. The van der Waals surface area contributed by atoms with Crippen molar-refractivity contribution in [1.82, 2.24) is 4.98 Å². The summed E-state index contributed by atoms with van der Waals surface area (Å²) in [6, 6.07) is 23.6. The normalized spacial score (nSPS) is 11.0. The van der Waals surface area contributed by atoms with Gasteiger partial charge in [-0.2, -0.15) is 0 Å². The largest absolute Gasteiger partial charge is 0.506 e. The molecular formula is C26H17NO4S. The Labute approximate surface area is 186 Å². The summed E-state index contributed by atoms with van der Waals surface area (Å²) in [7, 11) is 0. The predicted octanol–water partition coefficient (Wildman–Crippen LogP) is 5.99. The average molecular weight is 439 g/mol. The summed E-state index contributed by atoms with van der Waals surface area (Å²) in [5, 5.41) is 22.7. The minimum atomic E-state index is -0.955. The fraction of sp³-hybridized carbons (Fsp3) is 0. The molecule has 2 aromatic heterocycles. The van der Waals surface area contributed by atoms with Crippen molar-refractivity contribution < 1.29 is 15.0 Å². The van der Waals surface area contributed by atoms with E-state index in [1.807, 2.05) is 47.8 Å². The van der Waals surface area contributed by atoms with Crippen LogP contribution in [0.25, 0.3) is 43.6 Å². The number of hydrogen-bond donors (Lipinski definition) is 3.